The summed E-state index contributed by atoms with van der Waals surface area (Å²) in [6.45, 7) is 0.641. The number of alkyl halides is 5. The Morgan fingerprint density at radius 1 is 1.21 bits per heavy atom. The summed E-state index contributed by atoms with van der Waals surface area (Å²) >= 11 is 0.851. The van der Waals surface area contributed by atoms with Crippen molar-refractivity contribution in [3.63, 3.8) is 0 Å². The Hall–Kier alpha value is -1.29. The maximum absolute atomic E-state index is 12.8. The van der Waals surface area contributed by atoms with Gasteiger partial charge in [0.2, 0.25) is 5.92 Å². The molecule has 0 atom stereocenters. The average Bonchev–Trinajstić information content (AvgIpc) is 2.93. The lowest BCUT2D eigenvalue weighted by Gasteiger charge is -2.28. The minimum Gasteiger partial charge on any atom is -0.475 e. The van der Waals surface area contributed by atoms with Crippen molar-refractivity contribution in [1.82, 2.24) is 13.6 Å². The van der Waals surface area contributed by atoms with Gasteiger partial charge in [0.15, 0.2) is 0 Å². The highest BCUT2D eigenvalue weighted by atomic mass is 32.1. The van der Waals surface area contributed by atoms with E-state index in [4.69, 9.17) is 4.74 Å². The Labute approximate surface area is 140 Å². The van der Waals surface area contributed by atoms with Crippen LogP contribution in [0.3, 0.4) is 0 Å². The molecule has 2 heterocycles. The number of unbranched alkanes of at least 4 members (excludes halogenated alkanes) is 1. The van der Waals surface area contributed by atoms with Gasteiger partial charge < -0.3 is 4.74 Å². The first kappa shape index (κ1) is 19.0. The van der Waals surface area contributed by atoms with Gasteiger partial charge in [-0.15, -0.1) is 4.37 Å². The van der Waals surface area contributed by atoms with E-state index in [1.807, 2.05) is 0 Å². The second-order valence-corrected chi connectivity index (χ2v) is 6.23. The minimum absolute atomic E-state index is 0.0913. The SMILES string of the molecule is CC(F)(F)CCCCOc1nsnc1C1=CCCN(C(F)(F)F)C1. The first-order valence-electron chi connectivity index (χ1n) is 7.51. The molecule has 0 spiro atoms. The van der Waals surface area contributed by atoms with Crippen LogP contribution < -0.4 is 4.74 Å². The van der Waals surface area contributed by atoms with E-state index < -0.39 is 12.2 Å². The number of ether oxygens (including phenoxy) is 1. The molecule has 0 aromatic carbocycles. The van der Waals surface area contributed by atoms with Gasteiger partial charge in [-0.05, 0) is 31.8 Å². The minimum atomic E-state index is -4.39. The molecule has 1 aromatic rings. The van der Waals surface area contributed by atoms with Crippen molar-refractivity contribution < 1.29 is 26.7 Å². The van der Waals surface area contributed by atoms with Gasteiger partial charge in [-0.3, -0.25) is 0 Å². The Kier molecular flexibility index (Phi) is 6.13. The van der Waals surface area contributed by atoms with Crippen molar-refractivity contribution >= 4 is 17.3 Å². The zero-order valence-electron chi connectivity index (χ0n) is 13.1. The largest absolute Gasteiger partial charge is 0.475 e. The second kappa shape index (κ2) is 7.73. The smallest absolute Gasteiger partial charge is 0.460 e. The van der Waals surface area contributed by atoms with E-state index in [2.05, 4.69) is 8.75 Å². The van der Waals surface area contributed by atoms with Crippen LogP contribution in [0, 0.1) is 0 Å². The third-order valence-electron chi connectivity index (χ3n) is 3.52. The summed E-state index contributed by atoms with van der Waals surface area (Å²) in [4.78, 5) is 0.411. The van der Waals surface area contributed by atoms with Gasteiger partial charge in [-0.2, -0.15) is 17.5 Å². The molecule has 0 aliphatic carbocycles. The molecule has 0 N–H and O–H groups in total. The molecule has 2 rings (SSSR count). The van der Waals surface area contributed by atoms with Gasteiger partial charge in [0.1, 0.15) is 5.69 Å². The van der Waals surface area contributed by atoms with Crippen LogP contribution in [0.15, 0.2) is 6.08 Å². The van der Waals surface area contributed by atoms with Crippen LogP contribution >= 0.6 is 11.7 Å². The third kappa shape index (κ3) is 5.66. The normalized spacial score (nSPS) is 17.0. The van der Waals surface area contributed by atoms with Gasteiger partial charge in [0.25, 0.3) is 5.88 Å². The van der Waals surface area contributed by atoms with Crippen LogP contribution in [0.1, 0.15) is 38.3 Å². The maximum Gasteiger partial charge on any atom is 0.460 e. The van der Waals surface area contributed by atoms with E-state index >= 15 is 0 Å². The fraction of sp³-hybridized carbons (Fsp3) is 0.714. The molecule has 0 bridgehead atoms. The maximum atomic E-state index is 12.8. The van der Waals surface area contributed by atoms with Crippen molar-refractivity contribution in [2.75, 3.05) is 19.7 Å². The quantitative estimate of drug-likeness (QED) is 0.406. The van der Waals surface area contributed by atoms with Crippen LogP contribution in [0.4, 0.5) is 22.0 Å². The van der Waals surface area contributed by atoms with Gasteiger partial charge in [0.05, 0.1) is 18.3 Å². The van der Waals surface area contributed by atoms with Crippen LogP contribution in [-0.2, 0) is 0 Å². The molecule has 0 radical (unpaired) electrons. The standard InChI is InChI=1S/C14H18F5N3OS/c1-13(15,16)6-2-3-8-23-12-11(20-24-21-12)10-5-4-7-22(9-10)14(17,18)19/h5H,2-4,6-9H2,1H3. The van der Waals surface area contributed by atoms with E-state index in [0.29, 0.717) is 29.0 Å². The number of aromatic nitrogens is 2. The number of hydrogen-bond donors (Lipinski definition) is 0. The fourth-order valence-electron chi connectivity index (χ4n) is 2.31. The van der Waals surface area contributed by atoms with Crippen molar-refractivity contribution in [2.45, 2.75) is 44.8 Å². The molecule has 1 aromatic heterocycles. The zero-order valence-corrected chi connectivity index (χ0v) is 13.9. The summed E-state index contributed by atoms with van der Waals surface area (Å²) in [5, 5.41) is 0. The monoisotopic (exact) mass is 371 g/mol. The zero-order chi connectivity index (χ0) is 17.8. The lowest BCUT2D eigenvalue weighted by atomic mass is 10.1. The van der Waals surface area contributed by atoms with Gasteiger partial charge in [0, 0.05) is 19.5 Å². The van der Waals surface area contributed by atoms with Crippen molar-refractivity contribution in [2.24, 2.45) is 0 Å². The first-order valence-corrected chi connectivity index (χ1v) is 8.24. The van der Waals surface area contributed by atoms with Crippen LogP contribution in [0.2, 0.25) is 0 Å². The molecule has 0 fully saturated rings. The molecule has 24 heavy (non-hydrogen) atoms. The Balaban J connectivity index is 1.90. The molecule has 0 saturated heterocycles. The second-order valence-electron chi connectivity index (χ2n) is 5.70. The lowest BCUT2D eigenvalue weighted by Crippen LogP contribution is -2.41. The summed E-state index contributed by atoms with van der Waals surface area (Å²) in [5.41, 5.74) is 0.720. The summed E-state index contributed by atoms with van der Waals surface area (Å²) < 4.78 is 77.2. The highest BCUT2D eigenvalue weighted by Gasteiger charge is 2.39. The molecule has 136 valence electrons. The van der Waals surface area contributed by atoms with E-state index in [0.717, 1.165) is 18.7 Å². The molecule has 4 nitrogen and oxygen atoms in total. The van der Waals surface area contributed by atoms with Crippen LogP contribution in [-0.4, -0.2) is 45.6 Å². The van der Waals surface area contributed by atoms with Crippen molar-refractivity contribution in [1.29, 1.82) is 0 Å². The molecular formula is C14H18F5N3OS. The van der Waals surface area contributed by atoms with E-state index in [1.54, 1.807) is 6.08 Å². The summed E-state index contributed by atoms with van der Waals surface area (Å²) in [5.74, 6) is -2.54. The molecule has 0 unspecified atom stereocenters. The molecule has 10 heteroatoms. The van der Waals surface area contributed by atoms with Crippen LogP contribution in [0.5, 0.6) is 5.88 Å². The summed E-state index contributed by atoms with van der Waals surface area (Å²) in [7, 11) is 0. The van der Waals surface area contributed by atoms with E-state index in [-0.39, 0.29) is 38.4 Å². The van der Waals surface area contributed by atoms with Crippen LogP contribution in [0.25, 0.3) is 5.57 Å². The van der Waals surface area contributed by atoms with Gasteiger partial charge in [-0.25, -0.2) is 13.7 Å². The van der Waals surface area contributed by atoms with Crippen molar-refractivity contribution in [3.8, 4) is 5.88 Å². The molecular weight excluding hydrogens is 353 g/mol. The lowest BCUT2D eigenvalue weighted by molar-refractivity contribution is -0.241. The predicted molar refractivity (Wildman–Crippen MR) is 80.1 cm³/mol. The third-order valence-corrected chi connectivity index (χ3v) is 4.03. The van der Waals surface area contributed by atoms with Crippen molar-refractivity contribution in [3.05, 3.63) is 11.8 Å². The fourth-order valence-corrected chi connectivity index (χ4v) is 2.84. The van der Waals surface area contributed by atoms with Gasteiger partial charge >= 0.3 is 6.30 Å². The highest BCUT2D eigenvalue weighted by molar-refractivity contribution is 6.99. The summed E-state index contributed by atoms with van der Waals surface area (Å²) in [6, 6.07) is 0. The first-order chi connectivity index (χ1) is 11.2. The van der Waals surface area contributed by atoms with E-state index in [9.17, 15) is 22.0 Å². The Morgan fingerprint density at radius 2 is 1.96 bits per heavy atom. The highest BCUT2D eigenvalue weighted by Crippen LogP contribution is 2.32. The number of halogens is 5. The topological polar surface area (TPSA) is 38.3 Å². The molecule has 1 aliphatic heterocycles. The van der Waals surface area contributed by atoms with Gasteiger partial charge in [-0.1, -0.05) is 6.08 Å². The van der Waals surface area contributed by atoms with E-state index in [1.165, 1.54) is 0 Å². The molecule has 0 amide bonds. The Bertz CT molecular complexity index is 567. The Morgan fingerprint density at radius 3 is 2.62 bits per heavy atom. The number of hydrogen-bond acceptors (Lipinski definition) is 5. The molecule has 1 aliphatic rings. The molecule has 0 saturated carbocycles. The average molecular weight is 371 g/mol. The summed E-state index contributed by atoms with van der Waals surface area (Å²) in [6.07, 6.45) is -1.96. The number of nitrogens with zero attached hydrogens (tertiary/aromatic N) is 3. The predicted octanol–water partition coefficient (Wildman–Crippen LogP) is 4.35. The number of rotatable bonds is 7.